The van der Waals surface area contributed by atoms with E-state index >= 15 is 0 Å². The van der Waals surface area contributed by atoms with E-state index in [2.05, 4.69) is 0 Å². The van der Waals surface area contributed by atoms with Gasteiger partial charge in [-0.2, -0.15) is 0 Å². The van der Waals surface area contributed by atoms with Gasteiger partial charge in [0.05, 0.1) is 13.2 Å². The number of rotatable bonds is 5. The molecule has 0 aromatic heterocycles. The average molecular weight is 245 g/mol. The summed E-state index contributed by atoms with van der Waals surface area (Å²) in [5.41, 5.74) is -0.149. The summed E-state index contributed by atoms with van der Waals surface area (Å²) < 4.78 is 25.8. The predicted octanol–water partition coefficient (Wildman–Crippen LogP) is 0.392. The molecular weight excluding hydrogens is 232 g/mol. The van der Waals surface area contributed by atoms with E-state index in [0.29, 0.717) is 6.07 Å². The Balaban J connectivity index is 2.92. The minimum absolute atomic E-state index is 0.00245. The number of amides is 1. The van der Waals surface area contributed by atoms with Crippen molar-refractivity contribution in [3.8, 4) is 0 Å². The topological polar surface area (TPSA) is 60.8 Å². The molecule has 0 heterocycles. The van der Waals surface area contributed by atoms with Gasteiger partial charge in [-0.15, -0.1) is 0 Å². The number of nitrogens with zero attached hydrogens (tertiary/aromatic N) is 1. The maximum absolute atomic E-state index is 12.9. The van der Waals surface area contributed by atoms with E-state index < -0.39 is 17.5 Å². The maximum atomic E-state index is 12.9. The fourth-order valence-corrected chi connectivity index (χ4v) is 1.42. The van der Waals surface area contributed by atoms with Crippen molar-refractivity contribution in [2.75, 3.05) is 26.3 Å². The second-order valence-corrected chi connectivity index (χ2v) is 3.40. The molecule has 6 heteroatoms. The molecule has 94 valence electrons. The summed E-state index contributed by atoms with van der Waals surface area (Å²) in [5, 5.41) is 17.5. The quantitative estimate of drug-likeness (QED) is 0.789. The Kier molecular flexibility index (Phi) is 4.99. The van der Waals surface area contributed by atoms with Crippen molar-refractivity contribution in [1.29, 1.82) is 0 Å². The molecular formula is C11H13F2NO3. The standard InChI is InChI=1S/C11H13F2NO3/c12-9-5-8(6-10(13)7-9)11(17)14(1-3-15)2-4-16/h5-7,15-16H,1-4H2. The molecule has 1 rings (SSSR count). The fraction of sp³-hybridized carbons (Fsp3) is 0.364. The molecule has 0 atom stereocenters. The van der Waals surface area contributed by atoms with Crippen LogP contribution in [0, 0.1) is 11.6 Å². The summed E-state index contributed by atoms with van der Waals surface area (Å²) in [7, 11) is 0. The molecule has 0 fully saturated rings. The second kappa shape index (κ2) is 6.27. The number of benzene rings is 1. The van der Waals surface area contributed by atoms with Crippen molar-refractivity contribution >= 4 is 5.91 Å². The van der Waals surface area contributed by atoms with Gasteiger partial charge in [0.15, 0.2) is 0 Å². The van der Waals surface area contributed by atoms with Gasteiger partial charge in [-0.1, -0.05) is 0 Å². The zero-order valence-corrected chi connectivity index (χ0v) is 9.07. The summed E-state index contributed by atoms with van der Waals surface area (Å²) in [5.74, 6) is -2.32. The highest BCUT2D eigenvalue weighted by atomic mass is 19.1. The van der Waals surface area contributed by atoms with E-state index in [-0.39, 0.29) is 31.9 Å². The van der Waals surface area contributed by atoms with Crippen molar-refractivity contribution in [3.63, 3.8) is 0 Å². The molecule has 0 spiro atoms. The van der Waals surface area contributed by atoms with Crippen LogP contribution < -0.4 is 0 Å². The van der Waals surface area contributed by atoms with E-state index in [9.17, 15) is 13.6 Å². The number of halogens is 2. The first kappa shape index (κ1) is 13.5. The Labute approximate surface area is 97.1 Å². The summed E-state index contributed by atoms with van der Waals surface area (Å²) in [6.07, 6.45) is 0. The third-order valence-corrected chi connectivity index (χ3v) is 2.14. The SMILES string of the molecule is O=C(c1cc(F)cc(F)c1)N(CCO)CCO. The van der Waals surface area contributed by atoms with Crippen LogP contribution in [-0.2, 0) is 0 Å². The lowest BCUT2D eigenvalue weighted by Gasteiger charge is -2.20. The predicted molar refractivity (Wildman–Crippen MR) is 56.4 cm³/mol. The number of carbonyl (C=O) groups is 1. The minimum atomic E-state index is -0.846. The van der Waals surface area contributed by atoms with E-state index in [0.717, 1.165) is 17.0 Å². The van der Waals surface area contributed by atoms with Gasteiger partial charge in [-0.3, -0.25) is 4.79 Å². The molecule has 0 radical (unpaired) electrons. The molecule has 0 bridgehead atoms. The van der Waals surface area contributed by atoms with Gasteiger partial charge in [-0.25, -0.2) is 8.78 Å². The van der Waals surface area contributed by atoms with Crippen LogP contribution in [0.2, 0.25) is 0 Å². The average Bonchev–Trinajstić information content (AvgIpc) is 2.26. The third kappa shape index (κ3) is 3.76. The number of carbonyl (C=O) groups excluding carboxylic acids is 1. The van der Waals surface area contributed by atoms with Crippen LogP contribution in [0.15, 0.2) is 18.2 Å². The molecule has 1 amide bonds. The van der Waals surface area contributed by atoms with Crippen LogP contribution in [0.4, 0.5) is 8.78 Å². The van der Waals surface area contributed by atoms with E-state index in [1.165, 1.54) is 0 Å². The van der Waals surface area contributed by atoms with E-state index in [1.807, 2.05) is 0 Å². The van der Waals surface area contributed by atoms with Gasteiger partial charge in [0.25, 0.3) is 5.91 Å². The molecule has 0 aliphatic carbocycles. The summed E-state index contributed by atoms with van der Waals surface area (Å²) in [6, 6.07) is 2.49. The lowest BCUT2D eigenvalue weighted by atomic mass is 10.2. The van der Waals surface area contributed by atoms with Gasteiger partial charge in [0, 0.05) is 24.7 Å². The molecule has 1 aromatic rings. The number of hydrogen-bond acceptors (Lipinski definition) is 3. The molecule has 0 saturated carbocycles. The first-order valence-electron chi connectivity index (χ1n) is 5.05. The Morgan fingerprint density at radius 1 is 1.06 bits per heavy atom. The molecule has 17 heavy (non-hydrogen) atoms. The zero-order valence-electron chi connectivity index (χ0n) is 9.07. The van der Waals surface area contributed by atoms with Gasteiger partial charge in [0.1, 0.15) is 11.6 Å². The molecule has 0 aliphatic rings. The van der Waals surface area contributed by atoms with Crippen LogP contribution in [-0.4, -0.2) is 47.3 Å². The zero-order chi connectivity index (χ0) is 12.8. The van der Waals surface area contributed by atoms with Crippen LogP contribution in [0.1, 0.15) is 10.4 Å². The largest absolute Gasteiger partial charge is 0.395 e. The summed E-state index contributed by atoms with van der Waals surface area (Å²) in [4.78, 5) is 12.9. The Morgan fingerprint density at radius 3 is 1.94 bits per heavy atom. The minimum Gasteiger partial charge on any atom is -0.395 e. The van der Waals surface area contributed by atoms with Gasteiger partial charge in [-0.05, 0) is 12.1 Å². The molecule has 0 saturated heterocycles. The fourth-order valence-electron chi connectivity index (χ4n) is 1.42. The lowest BCUT2D eigenvalue weighted by molar-refractivity contribution is 0.0684. The van der Waals surface area contributed by atoms with Gasteiger partial charge < -0.3 is 15.1 Å². The van der Waals surface area contributed by atoms with Crippen molar-refractivity contribution in [3.05, 3.63) is 35.4 Å². The first-order chi connectivity index (χ1) is 8.08. The van der Waals surface area contributed by atoms with E-state index in [1.54, 1.807) is 0 Å². The Morgan fingerprint density at radius 2 is 1.53 bits per heavy atom. The molecule has 4 nitrogen and oxygen atoms in total. The summed E-state index contributed by atoms with van der Waals surface area (Å²) >= 11 is 0. The Hall–Kier alpha value is -1.53. The molecule has 0 aliphatic heterocycles. The van der Waals surface area contributed by atoms with Crippen molar-refractivity contribution in [1.82, 2.24) is 4.90 Å². The van der Waals surface area contributed by atoms with E-state index in [4.69, 9.17) is 10.2 Å². The number of aliphatic hydroxyl groups excluding tert-OH is 2. The number of hydrogen-bond donors (Lipinski definition) is 2. The highest BCUT2D eigenvalue weighted by molar-refractivity contribution is 5.94. The highest BCUT2D eigenvalue weighted by Crippen LogP contribution is 2.10. The maximum Gasteiger partial charge on any atom is 0.254 e. The molecule has 2 N–H and O–H groups in total. The van der Waals surface area contributed by atoms with Gasteiger partial charge >= 0.3 is 0 Å². The number of aliphatic hydroxyl groups is 2. The Bertz CT molecular complexity index is 372. The highest BCUT2D eigenvalue weighted by Gasteiger charge is 2.16. The third-order valence-electron chi connectivity index (χ3n) is 2.14. The van der Waals surface area contributed by atoms with Crippen molar-refractivity contribution in [2.45, 2.75) is 0 Å². The molecule has 1 aromatic carbocycles. The van der Waals surface area contributed by atoms with Crippen molar-refractivity contribution in [2.24, 2.45) is 0 Å². The summed E-state index contributed by atoms with van der Waals surface area (Å²) in [6.45, 7) is -0.581. The first-order valence-corrected chi connectivity index (χ1v) is 5.05. The second-order valence-electron chi connectivity index (χ2n) is 3.40. The lowest BCUT2D eigenvalue weighted by Crippen LogP contribution is -2.35. The van der Waals surface area contributed by atoms with Crippen molar-refractivity contribution < 1.29 is 23.8 Å². The van der Waals surface area contributed by atoms with Crippen LogP contribution in [0.5, 0.6) is 0 Å². The smallest absolute Gasteiger partial charge is 0.254 e. The van der Waals surface area contributed by atoms with Crippen LogP contribution >= 0.6 is 0 Å². The normalized spacial score (nSPS) is 10.4. The molecule has 0 unspecified atom stereocenters. The monoisotopic (exact) mass is 245 g/mol. The van der Waals surface area contributed by atoms with Crippen LogP contribution in [0.25, 0.3) is 0 Å². The van der Waals surface area contributed by atoms with Gasteiger partial charge in [0.2, 0.25) is 0 Å². The van der Waals surface area contributed by atoms with Crippen LogP contribution in [0.3, 0.4) is 0 Å².